The number of rotatable bonds is 2. The van der Waals surface area contributed by atoms with Crippen molar-refractivity contribution in [2.75, 3.05) is 0 Å². The predicted octanol–water partition coefficient (Wildman–Crippen LogP) is -0.119. The molecule has 3 N–H and O–H groups in total. The number of hydrogen-bond donors (Lipinski definition) is 3. The molecule has 0 amide bonds. The molecule has 0 aromatic carbocycles. The van der Waals surface area contributed by atoms with Crippen LogP contribution in [0.3, 0.4) is 0 Å². The summed E-state index contributed by atoms with van der Waals surface area (Å²) in [6, 6.07) is 1.30. The summed E-state index contributed by atoms with van der Waals surface area (Å²) in [5, 5.41) is 5.70. The summed E-state index contributed by atoms with van der Waals surface area (Å²) in [5.41, 5.74) is 0. The van der Waals surface area contributed by atoms with Gasteiger partial charge in [-0.25, -0.2) is 4.57 Å². The van der Waals surface area contributed by atoms with Gasteiger partial charge in [-0.2, -0.15) is 0 Å². The van der Waals surface area contributed by atoms with E-state index in [2.05, 4.69) is 14.7 Å². The Hall–Kier alpha value is -0.840. The average Bonchev–Trinajstić information content (AvgIpc) is 2.12. The van der Waals surface area contributed by atoms with Crippen LogP contribution >= 0.6 is 7.82 Å². The van der Waals surface area contributed by atoms with Crippen LogP contribution in [0.1, 0.15) is 0 Å². The molecule has 0 aliphatic rings. The topological polar surface area (TPSA) is 95.4 Å². The standard InChI is InChI=1S/C3H5N2O4P/c6-10(7,8)9-3-1-2-4-5-3/h1-2H,(H,4,5)(H2,6,7,8). The van der Waals surface area contributed by atoms with Crippen molar-refractivity contribution in [3.63, 3.8) is 0 Å². The Labute approximate surface area is 56.1 Å². The van der Waals surface area contributed by atoms with Gasteiger partial charge in [-0.1, -0.05) is 0 Å². The molecule has 56 valence electrons. The van der Waals surface area contributed by atoms with Crippen LogP contribution in [0.4, 0.5) is 0 Å². The van der Waals surface area contributed by atoms with Crippen LogP contribution in [0.2, 0.25) is 0 Å². The number of hydrogen-bond acceptors (Lipinski definition) is 3. The van der Waals surface area contributed by atoms with Crippen LogP contribution in [0.25, 0.3) is 0 Å². The van der Waals surface area contributed by atoms with E-state index in [1.807, 2.05) is 0 Å². The highest BCUT2D eigenvalue weighted by molar-refractivity contribution is 7.46. The molecule has 0 saturated carbocycles. The molecule has 1 rings (SSSR count). The van der Waals surface area contributed by atoms with Crippen molar-refractivity contribution < 1.29 is 18.9 Å². The molecule has 1 heterocycles. The van der Waals surface area contributed by atoms with Gasteiger partial charge >= 0.3 is 7.82 Å². The smallest absolute Gasteiger partial charge is 0.384 e. The van der Waals surface area contributed by atoms with E-state index in [1.54, 1.807) is 0 Å². The fourth-order valence-electron chi connectivity index (χ4n) is 0.419. The fourth-order valence-corrected chi connectivity index (χ4v) is 0.765. The van der Waals surface area contributed by atoms with Crippen molar-refractivity contribution in [1.29, 1.82) is 0 Å². The molecule has 0 saturated heterocycles. The van der Waals surface area contributed by atoms with Crippen molar-refractivity contribution in [2.45, 2.75) is 0 Å². The molecule has 7 heteroatoms. The van der Waals surface area contributed by atoms with E-state index >= 15 is 0 Å². The average molecular weight is 164 g/mol. The molecule has 0 aliphatic carbocycles. The SMILES string of the molecule is O=P(O)(O)Oc1cc[nH]n1. The maximum atomic E-state index is 10.1. The first kappa shape index (κ1) is 7.27. The van der Waals surface area contributed by atoms with Crippen LogP contribution in [0.15, 0.2) is 12.3 Å². The molecule has 0 aliphatic heterocycles. The van der Waals surface area contributed by atoms with E-state index in [1.165, 1.54) is 12.3 Å². The third-order valence-electron chi connectivity index (χ3n) is 0.688. The second kappa shape index (κ2) is 2.42. The summed E-state index contributed by atoms with van der Waals surface area (Å²) in [5.74, 6) is -0.117. The highest BCUT2D eigenvalue weighted by Crippen LogP contribution is 2.35. The Morgan fingerprint density at radius 2 is 2.40 bits per heavy atom. The molecule has 0 unspecified atom stereocenters. The van der Waals surface area contributed by atoms with E-state index in [0.29, 0.717) is 0 Å². The van der Waals surface area contributed by atoms with Crippen LogP contribution < -0.4 is 4.52 Å². The molecule has 0 spiro atoms. The van der Waals surface area contributed by atoms with Crippen molar-refractivity contribution in [3.8, 4) is 5.88 Å². The lowest BCUT2D eigenvalue weighted by Gasteiger charge is -2.00. The third-order valence-corrected chi connectivity index (χ3v) is 1.11. The van der Waals surface area contributed by atoms with Crippen LogP contribution in [-0.4, -0.2) is 20.0 Å². The summed E-state index contributed by atoms with van der Waals surface area (Å²) in [6.45, 7) is 0. The highest BCUT2D eigenvalue weighted by Gasteiger charge is 2.16. The lowest BCUT2D eigenvalue weighted by atomic mass is 10.7. The zero-order chi connectivity index (χ0) is 7.61. The zero-order valence-corrected chi connectivity index (χ0v) is 5.65. The van der Waals surface area contributed by atoms with Crippen LogP contribution in [-0.2, 0) is 4.57 Å². The van der Waals surface area contributed by atoms with Gasteiger partial charge in [-0.05, 0) is 0 Å². The summed E-state index contributed by atoms with van der Waals surface area (Å²) < 4.78 is 14.2. The summed E-state index contributed by atoms with van der Waals surface area (Å²) in [7, 11) is -4.44. The minimum absolute atomic E-state index is 0.117. The van der Waals surface area contributed by atoms with Crippen molar-refractivity contribution >= 4 is 7.82 Å². The fraction of sp³-hybridized carbons (Fsp3) is 0. The Kier molecular flexibility index (Phi) is 1.76. The van der Waals surface area contributed by atoms with Gasteiger partial charge in [-0.15, -0.1) is 5.10 Å². The number of nitrogens with one attached hydrogen (secondary N) is 1. The number of aromatic amines is 1. The van der Waals surface area contributed by atoms with Gasteiger partial charge in [-0.3, -0.25) is 14.9 Å². The molecule has 10 heavy (non-hydrogen) atoms. The number of aromatic nitrogens is 2. The number of phosphoric ester groups is 1. The van der Waals surface area contributed by atoms with Gasteiger partial charge < -0.3 is 4.52 Å². The van der Waals surface area contributed by atoms with Gasteiger partial charge in [0.2, 0.25) is 5.88 Å². The molecule has 6 nitrogen and oxygen atoms in total. The van der Waals surface area contributed by atoms with E-state index in [4.69, 9.17) is 9.79 Å². The molecule has 0 atom stereocenters. The Bertz CT molecular complexity index is 239. The zero-order valence-electron chi connectivity index (χ0n) is 4.76. The van der Waals surface area contributed by atoms with Gasteiger partial charge in [0.1, 0.15) is 0 Å². The molecular formula is C3H5N2O4P. The first-order chi connectivity index (χ1) is 4.58. The molecule has 1 aromatic rings. The second-order valence-electron chi connectivity index (χ2n) is 1.49. The van der Waals surface area contributed by atoms with Gasteiger partial charge in [0.25, 0.3) is 0 Å². The third kappa shape index (κ3) is 2.18. The number of nitrogens with zero attached hydrogens (tertiary/aromatic N) is 1. The number of H-pyrrole nitrogens is 1. The van der Waals surface area contributed by atoms with E-state index in [9.17, 15) is 4.57 Å². The Balaban J connectivity index is 2.66. The lowest BCUT2D eigenvalue weighted by molar-refractivity contribution is 0.279. The highest BCUT2D eigenvalue weighted by atomic mass is 31.2. The summed E-state index contributed by atoms with van der Waals surface area (Å²) >= 11 is 0. The summed E-state index contributed by atoms with van der Waals surface area (Å²) in [6.07, 6.45) is 1.39. The number of phosphoric acid groups is 1. The predicted molar refractivity (Wildman–Crippen MR) is 31.3 cm³/mol. The lowest BCUT2D eigenvalue weighted by Crippen LogP contribution is -1.89. The van der Waals surface area contributed by atoms with Gasteiger partial charge in [0.15, 0.2) is 0 Å². The Morgan fingerprint density at radius 1 is 1.70 bits per heavy atom. The van der Waals surface area contributed by atoms with Crippen molar-refractivity contribution in [1.82, 2.24) is 10.2 Å². The largest absolute Gasteiger partial charge is 0.526 e. The first-order valence-corrected chi connectivity index (χ1v) is 3.86. The second-order valence-corrected chi connectivity index (χ2v) is 2.66. The van der Waals surface area contributed by atoms with Gasteiger partial charge in [0, 0.05) is 12.3 Å². The van der Waals surface area contributed by atoms with Crippen molar-refractivity contribution in [2.24, 2.45) is 0 Å². The first-order valence-electron chi connectivity index (χ1n) is 2.33. The van der Waals surface area contributed by atoms with E-state index in [-0.39, 0.29) is 5.88 Å². The minimum Gasteiger partial charge on any atom is -0.384 e. The van der Waals surface area contributed by atoms with Gasteiger partial charge in [0.05, 0.1) is 0 Å². The van der Waals surface area contributed by atoms with E-state index < -0.39 is 7.82 Å². The molecule has 0 fully saturated rings. The quantitative estimate of drug-likeness (QED) is 0.529. The maximum absolute atomic E-state index is 10.1. The molecule has 1 aromatic heterocycles. The monoisotopic (exact) mass is 164 g/mol. The van der Waals surface area contributed by atoms with Crippen molar-refractivity contribution in [3.05, 3.63) is 12.3 Å². The van der Waals surface area contributed by atoms with Crippen LogP contribution in [0, 0.1) is 0 Å². The summed E-state index contributed by atoms with van der Waals surface area (Å²) in [4.78, 5) is 16.4. The van der Waals surface area contributed by atoms with Crippen LogP contribution in [0.5, 0.6) is 5.88 Å². The Morgan fingerprint density at radius 3 is 2.80 bits per heavy atom. The van der Waals surface area contributed by atoms with E-state index in [0.717, 1.165) is 0 Å². The molecule has 0 bridgehead atoms. The maximum Gasteiger partial charge on any atom is 0.526 e. The minimum atomic E-state index is -4.44. The molecular weight excluding hydrogens is 159 g/mol. The molecule has 0 radical (unpaired) electrons. The normalized spacial score (nSPS) is 11.4.